The van der Waals surface area contributed by atoms with Crippen molar-refractivity contribution in [3.05, 3.63) is 249 Å². The smallest absolute Gasteiger partial charge is 0.235 e. The Bertz CT molecular complexity index is 4230. The summed E-state index contributed by atoms with van der Waals surface area (Å²) in [4.78, 5) is 14.6. The Balaban J connectivity index is 0.993. The second kappa shape index (κ2) is 16.3. The van der Waals surface area contributed by atoms with Crippen molar-refractivity contribution in [1.29, 1.82) is 0 Å². The van der Waals surface area contributed by atoms with Crippen LogP contribution in [0.4, 0.5) is 17.1 Å². The van der Waals surface area contributed by atoms with Crippen LogP contribution in [0.3, 0.4) is 0 Å². The van der Waals surface area contributed by atoms with Gasteiger partial charge in [0.25, 0.3) is 0 Å². The summed E-state index contributed by atoms with van der Waals surface area (Å²) in [6.07, 6.45) is 0. The highest BCUT2D eigenvalue weighted by molar-refractivity contribution is 7.22. The molecule has 0 unspecified atom stereocenters. The van der Waals surface area contributed by atoms with Crippen LogP contribution in [0.5, 0.6) is 0 Å². The number of hydrogen-bond donors (Lipinski definition) is 0. The van der Waals surface area contributed by atoms with Crippen molar-refractivity contribution >= 4 is 93.0 Å². The number of anilines is 3. The van der Waals surface area contributed by atoms with E-state index in [0.29, 0.717) is 5.95 Å². The molecule has 5 nitrogen and oxygen atoms in total. The average molecular weight is 912 g/mol. The fourth-order valence-electron chi connectivity index (χ4n) is 10.6. The van der Waals surface area contributed by atoms with Crippen molar-refractivity contribution in [2.24, 2.45) is 0 Å². The van der Waals surface area contributed by atoms with Crippen molar-refractivity contribution in [2.45, 2.75) is 0 Å². The molecule has 0 bridgehead atoms. The van der Waals surface area contributed by atoms with E-state index in [1.807, 2.05) is 0 Å². The van der Waals surface area contributed by atoms with Crippen molar-refractivity contribution < 1.29 is 0 Å². The number of aromatic nitrogens is 4. The first-order chi connectivity index (χ1) is 34.7. The van der Waals surface area contributed by atoms with E-state index in [9.17, 15) is 0 Å². The number of rotatable bonds is 8. The molecular formula is C64H41N5S. The molecular weight excluding hydrogens is 871 g/mol. The molecule has 6 heteroatoms. The van der Waals surface area contributed by atoms with Gasteiger partial charge in [-0.15, -0.1) is 11.3 Å². The minimum atomic E-state index is 0.635. The molecule has 0 aliphatic carbocycles. The maximum Gasteiger partial charge on any atom is 0.235 e. The monoisotopic (exact) mass is 911 g/mol. The Morgan fingerprint density at radius 1 is 0.386 bits per heavy atom. The van der Waals surface area contributed by atoms with Crippen molar-refractivity contribution in [1.82, 2.24) is 19.1 Å². The van der Waals surface area contributed by atoms with Crippen LogP contribution >= 0.6 is 11.3 Å². The van der Waals surface area contributed by atoms with E-state index in [4.69, 9.17) is 9.97 Å². The molecule has 70 heavy (non-hydrogen) atoms. The quantitative estimate of drug-likeness (QED) is 0.152. The molecule has 0 fully saturated rings. The Kier molecular flexibility index (Phi) is 9.32. The lowest BCUT2D eigenvalue weighted by Crippen LogP contribution is -2.09. The molecule has 0 aliphatic heterocycles. The van der Waals surface area contributed by atoms with Crippen LogP contribution in [0.2, 0.25) is 0 Å². The van der Waals surface area contributed by atoms with Crippen LogP contribution in [-0.4, -0.2) is 19.1 Å². The first-order valence-corrected chi connectivity index (χ1v) is 24.5. The minimum Gasteiger partial charge on any atom is -0.311 e. The topological polar surface area (TPSA) is 38.9 Å². The Labute approximate surface area is 408 Å². The van der Waals surface area contributed by atoms with Gasteiger partial charge in [0.2, 0.25) is 5.95 Å². The third-order valence-corrected chi connectivity index (χ3v) is 14.9. The Morgan fingerprint density at radius 2 is 1.00 bits per heavy atom. The highest BCUT2D eigenvalue weighted by Crippen LogP contribution is 2.45. The fraction of sp³-hybridized carbons (Fsp3) is 0. The van der Waals surface area contributed by atoms with Crippen molar-refractivity contribution in [2.75, 3.05) is 4.90 Å². The lowest BCUT2D eigenvalue weighted by Gasteiger charge is -2.25. The van der Waals surface area contributed by atoms with E-state index in [1.165, 1.54) is 27.4 Å². The first-order valence-electron chi connectivity index (χ1n) is 23.7. The molecule has 0 amide bonds. The van der Waals surface area contributed by atoms with Gasteiger partial charge in [-0.3, -0.25) is 4.57 Å². The van der Waals surface area contributed by atoms with Gasteiger partial charge in [-0.25, -0.2) is 9.97 Å². The number of hydrogen-bond acceptors (Lipinski definition) is 4. The standard InChI is InChI=1S/C64H41N5S/c1-5-19-43(20-6-1)59-41-55-63(70-59)61(44-32-36-49(37-33-44)67(46-21-7-2-8-22-46)47-23-9-3-10-24-47)66-64(65-55)69-57-39-35-45(40-54(57)52-38-34-42-18-13-14-27-51(42)62(52)69)50-29-17-31-58-60(50)53-28-15-16-30-56(53)68(58)48-25-11-4-12-26-48/h1-41H. The van der Waals surface area contributed by atoms with Gasteiger partial charge in [-0.05, 0) is 101 Å². The molecule has 4 heterocycles. The van der Waals surface area contributed by atoms with Gasteiger partial charge >= 0.3 is 0 Å². The van der Waals surface area contributed by atoms with Crippen LogP contribution in [0, 0.1) is 0 Å². The lowest BCUT2D eigenvalue weighted by atomic mass is 9.97. The number of thiophene rings is 1. The van der Waals surface area contributed by atoms with Crippen molar-refractivity contribution in [3.63, 3.8) is 0 Å². The summed E-state index contributed by atoms with van der Waals surface area (Å²) in [5.74, 6) is 0.635. The molecule has 0 radical (unpaired) electrons. The molecule has 0 atom stereocenters. The molecule has 0 N–H and O–H groups in total. The third-order valence-electron chi connectivity index (χ3n) is 13.7. The highest BCUT2D eigenvalue weighted by atomic mass is 32.1. The van der Waals surface area contributed by atoms with Crippen LogP contribution in [0.25, 0.3) is 109 Å². The Hall–Kier alpha value is -9.10. The van der Waals surface area contributed by atoms with Crippen LogP contribution in [0.1, 0.15) is 0 Å². The van der Waals surface area contributed by atoms with E-state index in [2.05, 4.69) is 263 Å². The molecule has 0 saturated carbocycles. The zero-order valence-electron chi connectivity index (χ0n) is 37.8. The minimum absolute atomic E-state index is 0.635. The van der Waals surface area contributed by atoms with Crippen LogP contribution in [0.15, 0.2) is 249 Å². The fourth-order valence-corrected chi connectivity index (χ4v) is 11.7. The summed E-state index contributed by atoms with van der Waals surface area (Å²) in [7, 11) is 0. The van der Waals surface area contributed by atoms with Gasteiger partial charge in [0, 0.05) is 60.1 Å². The largest absolute Gasteiger partial charge is 0.311 e. The number of fused-ring (bicyclic) bond motifs is 9. The molecule has 0 saturated heterocycles. The SMILES string of the molecule is c1ccc(-c2cc3nc(-n4c5ccc(-c6cccc7c6c6ccccc6n7-c6ccccc6)cc5c5ccc6ccccc6c54)nc(-c4ccc(N(c5ccccc5)c5ccccc5)cc4)c3s2)cc1. The Morgan fingerprint density at radius 3 is 1.76 bits per heavy atom. The molecule has 10 aromatic carbocycles. The van der Waals surface area contributed by atoms with Crippen molar-refractivity contribution in [3.8, 4) is 44.5 Å². The van der Waals surface area contributed by atoms with E-state index in [0.717, 1.165) is 92.8 Å². The second-order valence-corrected chi connectivity index (χ2v) is 18.8. The summed E-state index contributed by atoms with van der Waals surface area (Å²) in [6, 6.07) is 89.1. The maximum absolute atomic E-state index is 5.65. The third kappa shape index (κ3) is 6.45. The lowest BCUT2D eigenvalue weighted by molar-refractivity contribution is 1.02. The summed E-state index contributed by atoms with van der Waals surface area (Å²) in [5.41, 5.74) is 15.2. The zero-order valence-corrected chi connectivity index (χ0v) is 38.6. The van der Waals surface area contributed by atoms with E-state index >= 15 is 0 Å². The van der Waals surface area contributed by atoms with Gasteiger partial charge in [-0.1, -0.05) is 170 Å². The number of para-hydroxylation sites is 4. The summed E-state index contributed by atoms with van der Waals surface area (Å²) >= 11 is 1.75. The first kappa shape index (κ1) is 40.0. The summed E-state index contributed by atoms with van der Waals surface area (Å²) in [6.45, 7) is 0. The molecule has 14 aromatic rings. The number of nitrogens with zero attached hydrogens (tertiary/aromatic N) is 5. The van der Waals surface area contributed by atoms with Gasteiger partial charge in [0.1, 0.15) is 0 Å². The summed E-state index contributed by atoms with van der Waals surface area (Å²) < 4.78 is 5.75. The predicted molar refractivity (Wildman–Crippen MR) is 295 cm³/mol. The molecule has 14 rings (SSSR count). The van der Waals surface area contributed by atoms with E-state index < -0.39 is 0 Å². The zero-order chi connectivity index (χ0) is 46.1. The molecule has 4 aromatic heterocycles. The van der Waals surface area contributed by atoms with Gasteiger partial charge in [-0.2, -0.15) is 0 Å². The van der Waals surface area contributed by atoms with Crippen LogP contribution in [-0.2, 0) is 0 Å². The van der Waals surface area contributed by atoms with Gasteiger partial charge in [0.05, 0.1) is 38.0 Å². The molecule has 0 aliphatic rings. The predicted octanol–water partition coefficient (Wildman–Crippen LogP) is 17.5. The molecule has 328 valence electrons. The normalized spacial score (nSPS) is 11.7. The second-order valence-electron chi connectivity index (χ2n) is 17.8. The average Bonchev–Trinajstić information content (AvgIpc) is 4.13. The van der Waals surface area contributed by atoms with E-state index in [1.54, 1.807) is 11.3 Å². The number of benzene rings is 10. The van der Waals surface area contributed by atoms with E-state index in [-0.39, 0.29) is 0 Å². The molecule has 0 spiro atoms. The summed E-state index contributed by atoms with van der Waals surface area (Å²) in [5, 5.41) is 7.08. The van der Waals surface area contributed by atoms with Gasteiger partial charge in [0.15, 0.2) is 0 Å². The van der Waals surface area contributed by atoms with Gasteiger partial charge < -0.3 is 9.47 Å². The highest BCUT2D eigenvalue weighted by Gasteiger charge is 2.23. The van der Waals surface area contributed by atoms with Crippen LogP contribution < -0.4 is 4.90 Å². The maximum atomic E-state index is 5.65.